The third-order valence-electron chi connectivity index (χ3n) is 2.96. The van der Waals surface area contributed by atoms with Gasteiger partial charge in [0.1, 0.15) is 0 Å². The molecule has 1 N–H and O–H groups in total. The van der Waals surface area contributed by atoms with E-state index in [9.17, 15) is 8.42 Å². The minimum absolute atomic E-state index is 0.306. The van der Waals surface area contributed by atoms with Crippen molar-refractivity contribution >= 4 is 10.0 Å². The summed E-state index contributed by atoms with van der Waals surface area (Å²) in [6.45, 7) is 1.64. The predicted molar refractivity (Wildman–Crippen MR) is 67.1 cm³/mol. The minimum Gasteiger partial charge on any atom is -0.207 e. The Balaban J connectivity index is 2.32. The third kappa shape index (κ3) is 2.51. The lowest BCUT2D eigenvalue weighted by Gasteiger charge is -2.10. The van der Waals surface area contributed by atoms with Gasteiger partial charge < -0.3 is 0 Å². The van der Waals surface area contributed by atoms with Crippen LogP contribution in [0.5, 0.6) is 0 Å². The van der Waals surface area contributed by atoms with Crippen LogP contribution in [0.1, 0.15) is 24.5 Å². The first kappa shape index (κ1) is 12.2. The highest BCUT2D eigenvalue weighted by Crippen LogP contribution is 2.24. The number of sulfonamides is 1. The molecule has 0 saturated heterocycles. The maximum Gasteiger partial charge on any atom is 0.241 e. The van der Waals surface area contributed by atoms with E-state index in [0.717, 1.165) is 24.8 Å². The molecule has 0 spiro atoms. The van der Waals surface area contributed by atoms with Gasteiger partial charge in [-0.15, -0.1) is 6.42 Å². The van der Waals surface area contributed by atoms with Crippen LogP contribution in [0.15, 0.2) is 23.1 Å². The molecular formula is C13H15NO2S. The largest absolute Gasteiger partial charge is 0.241 e. The fourth-order valence-electron chi connectivity index (χ4n) is 2.05. The maximum absolute atomic E-state index is 12.0. The van der Waals surface area contributed by atoms with E-state index in [0.29, 0.717) is 4.90 Å². The van der Waals surface area contributed by atoms with Gasteiger partial charge in [0.2, 0.25) is 10.0 Å². The van der Waals surface area contributed by atoms with Gasteiger partial charge in [-0.05, 0) is 49.4 Å². The molecule has 0 aliphatic heterocycles. The van der Waals surface area contributed by atoms with Crippen LogP contribution in [0.4, 0.5) is 0 Å². The number of fused-ring (bicyclic) bond motifs is 1. The van der Waals surface area contributed by atoms with Gasteiger partial charge in [0.25, 0.3) is 0 Å². The molecule has 0 saturated carbocycles. The first-order valence-corrected chi connectivity index (χ1v) is 7.11. The first-order valence-electron chi connectivity index (χ1n) is 5.63. The summed E-state index contributed by atoms with van der Waals surface area (Å²) in [5.74, 6) is 2.35. The number of hydrogen-bond acceptors (Lipinski definition) is 2. The standard InChI is InChI=1S/C13H15NO2S/c1-3-10(2)14-17(15,16)13-8-7-11-5-4-6-12(11)9-13/h1,7-10,14H,4-6H2,2H3. The number of aryl methyl sites for hydroxylation is 2. The highest BCUT2D eigenvalue weighted by molar-refractivity contribution is 7.89. The molecular weight excluding hydrogens is 234 g/mol. The van der Waals surface area contributed by atoms with Gasteiger partial charge in [-0.25, -0.2) is 8.42 Å². The van der Waals surface area contributed by atoms with Crippen molar-refractivity contribution in [2.45, 2.75) is 37.1 Å². The molecule has 1 aromatic carbocycles. The molecule has 0 bridgehead atoms. The SMILES string of the molecule is C#CC(C)NS(=O)(=O)c1ccc2c(c1)CCC2. The van der Waals surface area contributed by atoms with Crippen LogP contribution in [0.3, 0.4) is 0 Å². The zero-order chi connectivity index (χ0) is 12.5. The number of benzene rings is 1. The monoisotopic (exact) mass is 249 g/mol. The van der Waals surface area contributed by atoms with Gasteiger partial charge in [-0.3, -0.25) is 0 Å². The summed E-state index contributed by atoms with van der Waals surface area (Å²) < 4.78 is 26.4. The van der Waals surface area contributed by atoms with E-state index < -0.39 is 16.1 Å². The number of terminal acetylenes is 1. The van der Waals surface area contributed by atoms with Crippen molar-refractivity contribution < 1.29 is 8.42 Å². The Morgan fingerprint density at radius 1 is 1.35 bits per heavy atom. The summed E-state index contributed by atoms with van der Waals surface area (Å²) in [6, 6.07) is 4.81. The second kappa shape index (κ2) is 4.52. The third-order valence-corrected chi connectivity index (χ3v) is 4.50. The van der Waals surface area contributed by atoms with Crippen LogP contribution >= 0.6 is 0 Å². The molecule has 1 aliphatic rings. The van der Waals surface area contributed by atoms with Gasteiger partial charge in [-0.1, -0.05) is 12.0 Å². The normalized spacial score (nSPS) is 16.2. The van der Waals surface area contributed by atoms with Crippen LogP contribution in [-0.2, 0) is 22.9 Å². The lowest BCUT2D eigenvalue weighted by Crippen LogP contribution is -2.31. The molecule has 2 rings (SSSR count). The van der Waals surface area contributed by atoms with Gasteiger partial charge in [0.05, 0.1) is 10.9 Å². The molecule has 1 unspecified atom stereocenters. The van der Waals surface area contributed by atoms with Crippen molar-refractivity contribution in [3.63, 3.8) is 0 Å². The fourth-order valence-corrected chi connectivity index (χ4v) is 3.26. The Bertz CT molecular complexity index is 570. The zero-order valence-electron chi connectivity index (χ0n) is 9.73. The molecule has 90 valence electrons. The summed E-state index contributed by atoms with van der Waals surface area (Å²) in [5, 5.41) is 0. The highest BCUT2D eigenvalue weighted by Gasteiger charge is 2.19. The Labute approximate surface area is 102 Å². The highest BCUT2D eigenvalue weighted by atomic mass is 32.2. The zero-order valence-corrected chi connectivity index (χ0v) is 10.5. The molecule has 0 amide bonds. The molecule has 0 aromatic heterocycles. The quantitative estimate of drug-likeness (QED) is 0.825. The summed E-state index contributed by atoms with van der Waals surface area (Å²) in [6.07, 6.45) is 8.28. The summed E-state index contributed by atoms with van der Waals surface area (Å²) in [4.78, 5) is 0.306. The second-order valence-electron chi connectivity index (χ2n) is 4.29. The average molecular weight is 249 g/mol. The van der Waals surface area contributed by atoms with Crippen LogP contribution in [0, 0.1) is 12.3 Å². The van der Waals surface area contributed by atoms with E-state index in [1.807, 2.05) is 6.07 Å². The van der Waals surface area contributed by atoms with E-state index in [4.69, 9.17) is 6.42 Å². The molecule has 1 aliphatic carbocycles. The van der Waals surface area contributed by atoms with Crippen molar-refractivity contribution in [2.24, 2.45) is 0 Å². The molecule has 4 heteroatoms. The van der Waals surface area contributed by atoms with Gasteiger partial charge >= 0.3 is 0 Å². The van der Waals surface area contributed by atoms with Crippen molar-refractivity contribution in [2.75, 3.05) is 0 Å². The van der Waals surface area contributed by atoms with E-state index in [-0.39, 0.29) is 0 Å². The topological polar surface area (TPSA) is 46.2 Å². The number of hydrogen-bond donors (Lipinski definition) is 1. The van der Waals surface area contributed by atoms with E-state index >= 15 is 0 Å². The molecule has 1 atom stereocenters. The Morgan fingerprint density at radius 3 is 2.76 bits per heavy atom. The lowest BCUT2D eigenvalue weighted by atomic mass is 10.1. The van der Waals surface area contributed by atoms with Crippen LogP contribution in [0.25, 0.3) is 0 Å². The average Bonchev–Trinajstić information content (AvgIpc) is 2.75. The summed E-state index contributed by atoms with van der Waals surface area (Å²) in [7, 11) is -3.49. The molecule has 0 radical (unpaired) electrons. The fraction of sp³-hybridized carbons (Fsp3) is 0.385. The Hall–Kier alpha value is -1.31. The summed E-state index contributed by atoms with van der Waals surface area (Å²) in [5.41, 5.74) is 2.40. The van der Waals surface area contributed by atoms with Crippen molar-refractivity contribution in [1.29, 1.82) is 0 Å². The molecule has 3 nitrogen and oxygen atoms in total. The summed E-state index contributed by atoms with van der Waals surface area (Å²) >= 11 is 0. The molecule has 1 aromatic rings. The van der Waals surface area contributed by atoms with Crippen LogP contribution in [0.2, 0.25) is 0 Å². The molecule has 17 heavy (non-hydrogen) atoms. The van der Waals surface area contributed by atoms with E-state index in [1.165, 1.54) is 5.56 Å². The Kier molecular flexibility index (Phi) is 3.23. The van der Waals surface area contributed by atoms with Crippen molar-refractivity contribution in [3.05, 3.63) is 29.3 Å². The van der Waals surface area contributed by atoms with Crippen molar-refractivity contribution in [1.82, 2.24) is 4.72 Å². The molecule has 0 heterocycles. The first-order chi connectivity index (χ1) is 8.03. The minimum atomic E-state index is -3.49. The Morgan fingerprint density at radius 2 is 2.06 bits per heavy atom. The van der Waals surface area contributed by atoms with Gasteiger partial charge in [0.15, 0.2) is 0 Å². The van der Waals surface area contributed by atoms with Crippen LogP contribution < -0.4 is 4.72 Å². The van der Waals surface area contributed by atoms with Gasteiger partial charge in [0, 0.05) is 0 Å². The van der Waals surface area contributed by atoms with Crippen molar-refractivity contribution in [3.8, 4) is 12.3 Å². The van der Waals surface area contributed by atoms with E-state index in [1.54, 1.807) is 19.1 Å². The maximum atomic E-state index is 12.0. The smallest absolute Gasteiger partial charge is 0.207 e. The lowest BCUT2D eigenvalue weighted by molar-refractivity contribution is 0.577. The van der Waals surface area contributed by atoms with E-state index in [2.05, 4.69) is 10.6 Å². The van der Waals surface area contributed by atoms with Crippen LogP contribution in [-0.4, -0.2) is 14.5 Å². The van der Waals surface area contributed by atoms with Gasteiger partial charge in [-0.2, -0.15) is 4.72 Å². The second-order valence-corrected chi connectivity index (χ2v) is 6.01. The predicted octanol–water partition coefficient (Wildman–Crippen LogP) is 1.48. The molecule has 0 fully saturated rings. The number of nitrogens with one attached hydrogen (secondary N) is 1. The number of rotatable bonds is 3.